The summed E-state index contributed by atoms with van der Waals surface area (Å²) >= 11 is 0. The zero-order valence-corrected chi connectivity index (χ0v) is 11.3. The zero-order chi connectivity index (χ0) is 13.1. The number of nitrogens with zero attached hydrogens (tertiary/aromatic N) is 2. The van der Waals surface area contributed by atoms with Crippen LogP contribution in [-0.2, 0) is 9.59 Å². The van der Waals surface area contributed by atoms with Gasteiger partial charge in [0, 0.05) is 26.1 Å². The van der Waals surface area contributed by atoms with Gasteiger partial charge in [0.15, 0.2) is 0 Å². The van der Waals surface area contributed by atoms with E-state index in [0.717, 1.165) is 19.6 Å². The lowest BCUT2D eigenvalue weighted by molar-refractivity contribution is -0.133. The maximum absolute atomic E-state index is 12.1. The quantitative estimate of drug-likeness (QED) is 0.757. The van der Waals surface area contributed by atoms with E-state index in [4.69, 9.17) is 0 Å². The van der Waals surface area contributed by atoms with E-state index in [1.54, 1.807) is 6.92 Å². The van der Waals surface area contributed by atoms with E-state index in [-0.39, 0.29) is 17.9 Å². The van der Waals surface area contributed by atoms with Crippen LogP contribution in [0.3, 0.4) is 0 Å². The number of amides is 2. The van der Waals surface area contributed by atoms with E-state index in [2.05, 4.69) is 17.3 Å². The molecule has 2 unspecified atom stereocenters. The van der Waals surface area contributed by atoms with E-state index >= 15 is 0 Å². The van der Waals surface area contributed by atoms with Crippen molar-refractivity contribution < 1.29 is 9.59 Å². The first kappa shape index (κ1) is 13.3. The van der Waals surface area contributed by atoms with Crippen LogP contribution < -0.4 is 5.32 Å². The highest BCUT2D eigenvalue weighted by Crippen LogP contribution is 2.17. The molecule has 0 bridgehead atoms. The monoisotopic (exact) mass is 253 g/mol. The molecule has 0 aromatic heterocycles. The molecule has 5 nitrogen and oxygen atoms in total. The Balaban J connectivity index is 1.94. The summed E-state index contributed by atoms with van der Waals surface area (Å²) < 4.78 is 0. The Kier molecular flexibility index (Phi) is 4.22. The maximum atomic E-state index is 12.1. The zero-order valence-electron chi connectivity index (χ0n) is 11.3. The Morgan fingerprint density at radius 1 is 1.33 bits per heavy atom. The molecule has 5 heteroatoms. The van der Waals surface area contributed by atoms with Gasteiger partial charge in [0.1, 0.15) is 6.04 Å². The molecule has 0 saturated carbocycles. The van der Waals surface area contributed by atoms with E-state index < -0.39 is 0 Å². The summed E-state index contributed by atoms with van der Waals surface area (Å²) in [5.41, 5.74) is 0. The van der Waals surface area contributed by atoms with Crippen molar-refractivity contribution in [1.82, 2.24) is 15.1 Å². The van der Waals surface area contributed by atoms with Gasteiger partial charge < -0.3 is 15.1 Å². The number of carbonyl (C=O) groups is 2. The highest BCUT2D eigenvalue weighted by Gasteiger charge is 2.29. The van der Waals surface area contributed by atoms with Gasteiger partial charge >= 0.3 is 0 Å². The predicted molar refractivity (Wildman–Crippen MR) is 69.0 cm³/mol. The Morgan fingerprint density at radius 3 is 2.83 bits per heavy atom. The van der Waals surface area contributed by atoms with Gasteiger partial charge in [-0.15, -0.1) is 0 Å². The molecular weight excluding hydrogens is 230 g/mol. The number of hydrogen-bond acceptors (Lipinski definition) is 3. The minimum absolute atomic E-state index is 0.0147. The molecule has 2 fully saturated rings. The molecule has 2 atom stereocenters. The molecule has 2 aliphatic rings. The second-order valence-electron chi connectivity index (χ2n) is 5.59. The van der Waals surface area contributed by atoms with Gasteiger partial charge in [-0.3, -0.25) is 9.59 Å². The molecule has 0 aromatic carbocycles. The highest BCUT2D eigenvalue weighted by atomic mass is 16.2. The maximum Gasteiger partial charge on any atom is 0.244 e. The molecule has 18 heavy (non-hydrogen) atoms. The summed E-state index contributed by atoms with van der Waals surface area (Å²) in [6.45, 7) is 5.34. The normalized spacial score (nSPS) is 31.1. The lowest BCUT2D eigenvalue weighted by Gasteiger charge is -2.33. The molecule has 0 aromatic rings. The Hall–Kier alpha value is -1.10. The van der Waals surface area contributed by atoms with Crippen LogP contribution in [0.2, 0.25) is 0 Å². The second-order valence-corrected chi connectivity index (χ2v) is 5.59. The van der Waals surface area contributed by atoms with Gasteiger partial charge in [-0.1, -0.05) is 0 Å². The van der Waals surface area contributed by atoms with Gasteiger partial charge in [0.25, 0.3) is 0 Å². The molecule has 2 aliphatic heterocycles. The molecular formula is C13H23N3O2. The van der Waals surface area contributed by atoms with Crippen LogP contribution in [0.4, 0.5) is 0 Å². The third-order valence-electron chi connectivity index (χ3n) is 3.87. The van der Waals surface area contributed by atoms with Crippen molar-refractivity contribution in [1.29, 1.82) is 0 Å². The van der Waals surface area contributed by atoms with Crippen LogP contribution in [0.15, 0.2) is 0 Å². The van der Waals surface area contributed by atoms with Gasteiger partial charge in [-0.25, -0.2) is 0 Å². The fourth-order valence-electron chi connectivity index (χ4n) is 2.91. The van der Waals surface area contributed by atoms with Crippen LogP contribution in [0.5, 0.6) is 0 Å². The minimum Gasteiger partial charge on any atom is -0.345 e. The summed E-state index contributed by atoms with van der Waals surface area (Å²) in [5, 5.41) is 2.73. The summed E-state index contributed by atoms with van der Waals surface area (Å²) in [7, 11) is 2.13. The first-order valence-electron chi connectivity index (χ1n) is 6.83. The van der Waals surface area contributed by atoms with Gasteiger partial charge in [-0.2, -0.15) is 0 Å². The topological polar surface area (TPSA) is 52.7 Å². The minimum atomic E-state index is -0.374. The smallest absolute Gasteiger partial charge is 0.244 e. The Labute approximate surface area is 108 Å². The van der Waals surface area contributed by atoms with Crippen molar-refractivity contribution in [3.63, 3.8) is 0 Å². The van der Waals surface area contributed by atoms with Gasteiger partial charge in [0.05, 0.1) is 0 Å². The second kappa shape index (κ2) is 5.69. The number of rotatable bonds is 2. The van der Waals surface area contributed by atoms with E-state index in [9.17, 15) is 9.59 Å². The van der Waals surface area contributed by atoms with Crippen LogP contribution in [0, 0.1) is 5.92 Å². The van der Waals surface area contributed by atoms with Crippen molar-refractivity contribution in [3.8, 4) is 0 Å². The SMILES string of the molecule is CC1NC(=O)CCN(CC2CCCN(C)C2)C1=O. The average molecular weight is 253 g/mol. The number of nitrogens with one attached hydrogen (secondary N) is 1. The third-order valence-corrected chi connectivity index (χ3v) is 3.87. The highest BCUT2D eigenvalue weighted by molar-refractivity contribution is 5.89. The summed E-state index contributed by atoms with van der Waals surface area (Å²) in [4.78, 5) is 27.8. The standard InChI is InChI=1S/C13H23N3O2/c1-10-13(18)16(7-5-12(17)14-10)9-11-4-3-6-15(2)8-11/h10-11H,3-9H2,1-2H3,(H,14,17). The van der Waals surface area contributed by atoms with Crippen LogP contribution in [-0.4, -0.2) is 60.9 Å². The van der Waals surface area contributed by atoms with Crippen LogP contribution >= 0.6 is 0 Å². The molecule has 2 heterocycles. The molecule has 2 amide bonds. The predicted octanol–water partition coefficient (Wildman–Crippen LogP) is 0.0652. The molecule has 0 spiro atoms. The first-order valence-corrected chi connectivity index (χ1v) is 6.83. The number of piperidine rings is 1. The summed E-state index contributed by atoms with van der Waals surface area (Å²) in [5.74, 6) is 0.598. The van der Waals surface area contributed by atoms with Crippen molar-refractivity contribution in [2.24, 2.45) is 5.92 Å². The van der Waals surface area contributed by atoms with Crippen LogP contribution in [0.1, 0.15) is 26.2 Å². The van der Waals surface area contributed by atoms with Gasteiger partial charge in [-0.05, 0) is 39.3 Å². The molecule has 0 aliphatic carbocycles. The molecule has 0 radical (unpaired) electrons. The lowest BCUT2D eigenvalue weighted by Crippen LogP contribution is -2.46. The number of likely N-dealkylation sites (tertiary alicyclic amines) is 1. The van der Waals surface area contributed by atoms with Crippen molar-refractivity contribution in [2.45, 2.75) is 32.2 Å². The largest absolute Gasteiger partial charge is 0.345 e. The average Bonchev–Trinajstić information content (AvgIpc) is 2.43. The third kappa shape index (κ3) is 3.22. The van der Waals surface area contributed by atoms with E-state index in [0.29, 0.717) is 18.9 Å². The van der Waals surface area contributed by atoms with Crippen molar-refractivity contribution in [2.75, 3.05) is 33.2 Å². The molecule has 1 N–H and O–H groups in total. The first-order chi connectivity index (χ1) is 8.56. The fraction of sp³-hybridized carbons (Fsp3) is 0.846. The van der Waals surface area contributed by atoms with Crippen molar-refractivity contribution >= 4 is 11.8 Å². The number of carbonyl (C=O) groups excluding carboxylic acids is 2. The Morgan fingerprint density at radius 2 is 2.11 bits per heavy atom. The summed E-state index contributed by atoms with van der Waals surface area (Å²) in [6, 6.07) is -0.374. The van der Waals surface area contributed by atoms with E-state index in [1.165, 1.54) is 12.8 Å². The molecule has 102 valence electrons. The number of hydrogen-bond donors (Lipinski definition) is 1. The molecule has 2 rings (SSSR count). The van der Waals surface area contributed by atoms with Crippen molar-refractivity contribution in [3.05, 3.63) is 0 Å². The fourth-order valence-corrected chi connectivity index (χ4v) is 2.91. The Bertz CT molecular complexity index is 332. The summed E-state index contributed by atoms with van der Waals surface area (Å²) in [6.07, 6.45) is 2.82. The van der Waals surface area contributed by atoms with E-state index in [1.807, 2.05) is 4.90 Å². The van der Waals surface area contributed by atoms with Gasteiger partial charge in [0.2, 0.25) is 11.8 Å². The molecule has 2 saturated heterocycles. The van der Waals surface area contributed by atoms with Crippen LogP contribution in [0.25, 0.3) is 0 Å². The lowest BCUT2D eigenvalue weighted by atomic mass is 9.97.